The lowest BCUT2D eigenvalue weighted by atomic mass is 9.98. The van der Waals surface area contributed by atoms with Crippen LogP contribution in [0.1, 0.15) is 51.3 Å². The summed E-state index contributed by atoms with van der Waals surface area (Å²) < 4.78 is 1.55. The molecule has 2 unspecified atom stereocenters. The molecule has 2 aromatic rings. The fourth-order valence-corrected chi connectivity index (χ4v) is 3.22. The maximum atomic E-state index is 11.9. The van der Waals surface area contributed by atoms with Gasteiger partial charge in [-0.05, 0) is 25.2 Å². The molecule has 2 aromatic heterocycles. The van der Waals surface area contributed by atoms with E-state index in [1.54, 1.807) is 4.57 Å². The second kappa shape index (κ2) is 4.92. The van der Waals surface area contributed by atoms with Crippen LogP contribution in [-0.2, 0) is 6.54 Å². The molecule has 0 spiro atoms. The van der Waals surface area contributed by atoms with Crippen molar-refractivity contribution in [1.29, 1.82) is 0 Å². The average molecular weight is 276 g/mol. The molecule has 0 amide bonds. The van der Waals surface area contributed by atoms with Crippen molar-refractivity contribution in [3.63, 3.8) is 0 Å². The van der Waals surface area contributed by atoms with E-state index in [9.17, 15) is 9.59 Å². The highest BCUT2D eigenvalue weighted by Crippen LogP contribution is 2.38. The summed E-state index contributed by atoms with van der Waals surface area (Å²) in [5.74, 6) is 1.79. The molecule has 2 heterocycles. The predicted molar refractivity (Wildman–Crippen MR) is 77.0 cm³/mol. The van der Waals surface area contributed by atoms with Gasteiger partial charge in [-0.3, -0.25) is 14.3 Å². The van der Waals surface area contributed by atoms with E-state index >= 15 is 0 Å². The summed E-state index contributed by atoms with van der Waals surface area (Å²) in [5, 5.41) is 0. The third-order valence-electron chi connectivity index (χ3n) is 4.31. The van der Waals surface area contributed by atoms with E-state index in [0.29, 0.717) is 29.5 Å². The Balaban J connectivity index is 2.19. The summed E-state index contributed by atoms with van der Waals surface area (Å²) in [6, 6.07) is 0. The van der Waals surface area contributed by atoms with Gasteiger partial charge in [0.05, 0.1) is 0 Å². The van der Waals surface area contributed by atoms with Gasteiger partial charge in [-0.15, -0.1) is 0 Å². The van der Waals surface area contributed by atoms with Crippen LogP contribution in [0.5, 0.6) is 0 Å². The van der Waals surface area contributed by atoms with Crippen LogP contribution in [0.25, 0.3) is 11.2 Å². The van der Waals surface area contributed by atoms with Crippen LogP contribution in [0.15, 0.2) is 9.59 Å². The molecule has 1 aliphatic carbocycles. The summed E-state index contributed by atoms with van der Waals surface area (Å²) in [4.78, 5) is 33.9. The van der Waals surface area contributed by atoms with E-state index in [1.165, 1.54) is 12.8 Å². The monoisotopic (exact) mass is 276 g/mol. The van der Waals surface area contributed by atoms with Crippen LogP contribution in [-0.4, -0.2) is 19.5 Å². The minimum Gasteiger partial charge on any atom is -0.336 e. The standard InChI is InChI=1S/C14H20N4O2/c1-3-7-18-12-10(13(19)17-14(18)20)15-11(16-12)9-6-4-5-8(9)2/h8-9H,3-7H2,1-2H3,(H,15,16)(H,17,19,20). The van der Waals surface area contributed by atoms with Gasteiger partial charge in [-0.2, -0.15) is 0 Å². The largest absolute Gasteiger partial charge is 0.336 e. The molecule has 0 aromatic carbocycles. The number of H-pyrrole nitrogens is 2. The number of aromatic nitrogens is 4. The van der Waals surface area contributed by atoms with Gasteiger partial charge >= 0.3 is 5.69 Å². The summed E-state index contributed by atoms with van der Waals surface area (Å²) >= 11 is 0. The number of hydrogen-bond acceptors (Lipinski definition) is 3. The van der Waals surface area contributed by atoms with Crippen LogP contribution in [0.4, 0.5) is 0 Å². The molecule has 0 radical (unpaired) electrons. The van der Waals surface area contributed by atoms with E-state index in [-0.39, 0.29) is 11.2 Å². The fraction of sp³-hybridized carbons (Fsp3) is 0.643. The van der Waals surface area contributed by atoms with Gasteiger partial charge in [0.2, 0.25) is 0 Å². The number of hydrogen-bond donors (Lipinski definition) is 2. The van der Waals surface area contributed by atoms with Gasteiger partial charge in [-0.1, -0.05) is 20.3 Å². The zero-order valence-corrected chi connectivity index (χ0v) is 11.9. The Bertz CT molecular complexity index is 740. The molecule has 0 bridgehead atoms. The number of imidazole rings is 1. The van der Waals surface area contributed by atoms with Gasteiger partial charge in [0, 0.05) is 12.5 Å². The lowest BCUT2D eigenvalue weighted by Crippen LogP contribution is -2.30. The minimum atomic E-state index is -0.373. The van der Waals surface area contributed by atoms with Gasteiger partial charge < -0.3 is 4.98 Å². The lowest BCUT2D eigenvalue weighted by Gasteiger charge is -2.11. The summed E-state index contributed by atoms with van der Waals surface area (Å²) in [6.07, 6.45) is 4.31. The molecule has 0 aliphatic heterocycles. The summed E-state index contributed by atoms with van der Waals surface area (Å²) in [7, 11) is 0. The average Bonchev–Trinajstić information content (AvgIpc) is 3.00. The number of nitrogens with zero attached hydrogens (tertiary/aromatic N) is 2. The number of rotatable bonds is 3. The Morgan fingerprint density at radius 2 is 2.10 bits per heavy atom. The molecular formula is C14H20N4O2. The van der Waals surface area contributed by atoms with E-state index in [1.807, 2.05) is 6.92 Å². The number of aryl methyl sites for hydroxylation is 1. The van der Waals surface area contributed by atoms with Crippen LogP contribution in [0.3, 0.4) is 0 Å². The smallest absolute Gasteiger partial charge is 0.330 e. The van der Waals surface area contributed by atoms with E-state index in [2.05, 4.69) is 21.9 Å². The zero-order valence-electron chi connectivity index (χ0n) is 11.9. The maximum absolute atomic E-state index is 11.9. The molecule has 3 rings (SSSR count). The van der Waals surface area contributed by atoms with Gasteiger partial charge in [0.1, 0.15) is 11.3 Å². The molecule has 0 saturated heterocycles. The molecule has 108 valence electrons. The molecule has 2 N–H and O–H groups in total. The zero-order chi connectivity index (χ0) is 14.3. The molecule has 6 heteroatoms. The highest BCUT2D eigenvalue weighted by atomic mass is 16.2. The van der Waals surface area contributed by atoms with E-state index in [4.69, 9.17) is 0 Å². The van der Waals surface area contributed by atoms with Crippen molar-refractivity contribution < 1.29 is 0 Å². The maximum Gasteiger partial charge on any atom is 0.330 e. The van der Waals surface area contributed by atoms with Crippen LogP contribution >= 0.6 is 0 Å². The molecule has 2 atom stereocenters. The van der Waals surface area contributed by atoms with Crippen molar-refractivity contribution in [2.75, 3.05) is 0 Å². The van der Waals surface area contributed by atoms with E-state index < -0.39 is 0 Å². The Kier molecular flexibility index (Phi) is 3.23. The highest BCUT2D eigenvalue weighted by Gasteiger charge is 2.28. The molecule has 1 aliphatic rings. The van der Waals surface area contributed by atoms with Crippen LogP contribution in [0.2, 0.25) is 0 Å². The Morgan fingerprint density at radius 3 is 2.75 bits per heavy atom. The van der Waals surface area contributed by atoms with Crippen molar-refractivity contribution in [3.05, 3.63) is 26.7 Å². The van der Waals surface area contributed by atoms with Gasteiger partial charge in [-0.25, -0.2) is 9.78 Å². The summed E-state index contributed by atoms with van der Waals surface area (Å²) in [6.45, 7) is 4.78. The first kappa shape index (κ1) is 13.1. The van der Waals surface area contributed by atoms with Crippen molar-refractivity contribution >= 4 is 11.2 Å². The lowest BCUT2D eigenvalue weighted by molar-refractivity contribution is 0.514. The molecular weight excluding hydrogens is 256 g/mol. The first-order valence-corrected chi connectivity index (χ1v) is 7.34. The van der Waals surface area contributed by atoms with Gasteiger partial charge in [0.25, 0.3) is 5.56 Å². The number of nitrogens with one attached hydrogen (secondary N) is 2. The highest BCUT2D eigenvalue weighted by molar-refractivity contribution is 5.69. The fourth-order valence-electron chi connectivity index (χ4n) is 3.22. The Morgan fingerprint density at radius 1 is 1.30 bits per heavy atom. The molecule has 6 nitrogen and oxygen atoms in total. The summed E-state index contributed by atoms with van der Waals surface area (Å²) in [5.41, 5.74) is 0.172. The first-order valence-electron chi connectivity index (χ1n) is 7.34. The van der Waals surface area contributed by atoms with Crippen LogP contribution in [0, 0.1) is 5.92 Å². The van der Waals surface area contributed by atoms with Crippen molar-refractivity contribution in [2.45, 2.75) is 52.0 Å². The van der Waals surface area contributed by atoms with Crippen molar-refractivity contribution in [3.8, 4) is 0 Å². The normalized spacial score (nSPS) is 22.7. The Labute approximate surface area is 116 Å². The third kappa shape index (κ3) is 1.99. The van der Waals surface area contributed by atoms with Crippen molar-refractivity contribution in [1.82, 2.24) is 19.5 Å². The molecule has 1 fully saturated rings. The first-order chi connectivity index (χ1) is 9.61. The second-order valence-electron chi connectivity index (χ2n) is 5.75. The predicted octanol–water partition coefficient (Wildman–Crippen LogP) is 1.73. The third-order valence-corrected chi connectivity index (χ3v) is 4.31. The van der Waals surface area contributed by atoms with Crippen molar-refractivity contribution in [2.24, 2.45) is 5.92 Å². The van der Waals surface area contributed by atoms with Gasteiger partial charge in [0.15, 0.2) is 5.65 Å². The van der Waals surface area contributed by atoms with Crippen LogP contribution < -0.4 is 11.2 Å². The minimum absolute atomic E-state index is 0.368. The Hall–Kier alpha value is -1.85. The molecule has 1 saturated carbocycles. The SMILES string of the molecule is CCCn1c(=O)[nH]c(=O)c2[nH]c(C3CCCC3C)nc21. The molecule has 20 heavy (non-hydrogen) atoms. The second-order valence-corrected chi connectivity index (χ2v) is 5.75. The number of fused-ring (bicyclic) bond motifs is 1. The topological polar surface area (TPSA) is 83.5 Å². The quantitative estimate of drug-likeness (QED) is 0.895. The number of aromatic amines is 2. The van der Waals surface area contributed by atoms with E-state index in [0.717, 1.165) is 18.7 Å².